The smallest absolute Gasteiger partial charge is 0.147 e. The number of benzene rings is 1. The first-order valence-electron chi connectivity index (χ1n) is 4.35. The first-order valence-corrected chi connectivity index (χ1v) is 5.52. The molecule has 0 radical (unpaired) electrons. The van der Waals surface area contributed by atoms with Crippen molar-refractivity contribution in [3.8, 4) is 0 Å². The number of allylic oxidation sites excluding steroid dienone is 1. The Morgan fingerprint density at radius 3 is 2.86 bits per heavy atom. The van der Waals surface area contributed by atoms with E-state index < -0.39 is 0 Å². The molecule has 0 saturated carbocycles. The molecule has 1 aromatic carbocycles. The zero-order valence-electron chi connectivity index (χ0n) is 7.39. The van der Waals surface area contributed by atoms with E-state index in [0.717, 1.165) is 29.2 Å². The summed E-state index contributed by atoms with van der Waals surface area (Å²) in [5, 5.41) is 0.591. The van der Waals surface area contributed by atoms with Gasteiger partial charge in [-0.25, -0.2) is 0 Å². The van der Waals surface area contributed by atoms with Crippen LogP contribution in [0.25, 0.3) is 5.03 Å². The molecule has 0 spiro atoms. The molecule has 0 amide bonds. The molecule has 0 fully saturated rings. The van der Waals surface area contributed by atoms with Crippen LogP contribution in [0.4, 0.5) is 0 Å². The zero-order valence-corrected chi connectivity index (χ0v) is 9.73. The Hall–Kier alpha value is -0.600. The first kappa shape index (κ1) is 9.94. The van der Waals surface area contributed by atoms with E-state index in [-0.39, 0.29) is 0 Å². The third-order valence-corrected chi connectivity index (χ3v) is 3.50. The number of hydrogen-bond donors (Lipinski definition) is 0. The van der Waals surface area contributed by atoms with Gasteiger partial charge in [0.05, 0.1) is 5.03 Å². The van der Waals surface area contributed by atoms with E-state index >= 15 is 0 Å². The van der Waals surface area contributed by atoms with Crippen LogP contribution >= 0.6 is 27.5 Å². The SMILES string of the molecule is O=CC1=C(Cl)c2c(Br)cccc2CC1. The number of carbonyl (C=O) groups is 1. The summed E-state index contributed by atoms with van der Waals surface area (Å²) in [7, 11) is 0. The number of carbonyl (C=O) groups excluding carboxylic acids is 1. The fraction of sp³-hybridized carbons (Fsp3) is 0.182. The molecule has 0 bridgehead atoms. The molecule has 0 aliphatic heterocycles. The lowest BCUT2D eigenvalue weighted by molar-refractivity contribution is -0.105. The average Bonchev–Trinajstić information content (AvgIpc) is 2.18. The molecule has 3 heteroatoms. The van der Waals surface area contributed by atoms with E-state index in [9.17, 15) is 4.79 Å². The Labute approximate surface area is 95.9 Å². The normalized spacial score (nSPS) is 15.3. The number of fused-ring (bicyclic) bond motifs is 1. The highest BCUT2D eigenvalue weighted by molar-refractivity contribution is 9.10. The van der Waals surface area contributed by atoms with Crippen LogP contribution < -0.4 is 0 Å². The number of aryl methyl sites for hydroxylation is 1. The van der Waals surface area contributed by atoms with E-state index in [2.05, 4.69) is 15.9 Å². The minimum absolute atomic E-state index is 0.591. The lowest BCUT2D eigenvalue weighted by atomic mass is 9.93. The summed E-state index contributed by atoms with van der Waals surface area (Å²) in [6.07, 6.45) is 2.48. The second-order valence-corrected chi connectivity index (χ2v) is 4.46. The summed E-state index contributed by atoms with van der Waals surface area (Å²) in [6.45, 7) is 0. The summed E-state index contributed by atoms with van der Waals surface area (Å²) in [5.74, 6) is 0. The third-order valence-electron chi connectivity index (χ3n) is 2.41. The van der Waals surface area contributed by atoms with E-state index in [1.54, 1.807) is 0 Å². The van der Waals surface area contributed by atoms with Crippen molar-refractivity contribution in [2.45, 2.75) is 12.8 Å². The lowest BCUT2D eigenvalue weighted by Gasteiger charge is -2.17. The summed E-state index contributed by atoms with van der Waals surface area (Å²) in [5.41, 5.74) is 2.88. The largest absolute Gasteiger partial charge is 0.298 e. The predicted molar refractivity (Wildman–Crippen MR) is 61.3 cm³/mol. The van der Waals surface area contributed by atoms with Crippen molar-refractivity contribution in [1.29, 1.82) is 0 Å². The van der Waals surface area contributed by atoms with Gasteiger partial charge in [-0.05, 0) is 24.5 Å². The van der Waals surface area contributed by atoms with Crippen molar-refractivity contribution in [2.75, 3.05) is 0 Å². The minimum Gasteiger partial charge on any atom is -0.298 e. The van der Waals surface area contributed by atoms with Gasteiger partial charge in [-0.2, -0.15) is 0 Å². The van der Waals surface area contributed by atoms with Crippen molar-refractivity contribution in [3.63, 3.8) is 0 Å². The fourth-order valence-electron chi connectivity index (χ4n) is 1.67. The number of rotatable bonds is 1. The average molecular weight is 272 g/mol. The van der Waals surface area contributed by atoms with E-state index in [4.69, 9.17) is 11.6 Å². The number of aldehydes is 1. The lowest BCUT2D eigenvalue weighted by Crippen LogP contribution is -2.03. The number of hydrogen-bond acceptors (Lipinski definition) is 1. The summed E-state index contributed by atoms with van der Waals surface area (Å²) in [6, 6.07) is 5.97. The van der Waals surface area contributed by atoms with Crippen molar-refractivity contribution in [3.05, 3.63) is 39.4 Å². The second kappa shape index (κ2) is 3.87. The van der Waals surface area contributed by atoms with Gasteiger partial charge in [0.1, 0.15) is 6.29 Å². The van der Waals surface area contributed by atoms with Gasteiger partial charge in [0.2, 0.25) is 0 Å². The van der Waals surface area contributed by atoms with Crippen molar-refractivity contribution < 1.29 is 4.79 Å². The Morgan fingerprint density at radius 2 is 2.14 bits per heavy atom. The van der Waals surface area contributed by atoms with Crippen molar-refractivity contribution >= 4 is 38.8 Å². The third kappa shape index (κ3) is 1.53. The van der Waals surface area contributed by atoms with Crippen LogP contribution in [-0.2, 0) is 11.2 Å². The Morgan fingerprint density at radius 1 is 1.36 bits per heavy atom. The predicted octanol–water partition coefficient (Wildman–Crippen LogP) is 3.54. The van der Waals surface area contributed by atoms with Gasteiger partial charge in [0, 0.05) is 15.6 Å². The van der Waals surface area contributed by atoms with Crippen LogP contribution in [0, 0.1) is 0 Å². The van der Waals surface area contributed by atoms with Gasteiger partial charge in [-0.3, -0.25) is 4.79 Å². The van der Waals surface area contributed by atoms with Gasteiger partial charge < -0.3 is 0 Å². The summed E-state index contributed by atoms with van der Waals surface area (Å²) in [4.78, 5) is 10.7. The quantitative estimate of drug-likeness (QED) is 0.714. The maximum absolute atomic E-state index is 10.7. The molecule has 1 aromatic rings. The Bertz CT molecular complexity index is 423. The van der Waals surface area contributed by atoms with Gasteiger partial charge in [-0.1, -0.05) is 39.7 Å². The molecule has 0 unspecified atom stereocenters. The number of halogens is 2. The molecule has 1 aliphatic carbocycles. The molecule has 2 rings (SSSR count). The molecular formula is C11H8BrClO. The van der Waals surface area contributed by atoms with Crippen LogP contribution in [0.3, 0.4) is 0 Å². The molecular weight excluding hydrogens is 263 g/mol. The molecule has 0 atom stereocenters. The zero-order chi connectivity index (χ0) is 10.1. The van der Waals surface area contributed by atoms with Crippen LogP contribution in [0.5, 0.6) is 0 Å². The van der Waals surface area contributed by atoms with Crippen LogP contribution in [-0.4, -0.2) is 6.29 Å². The highest BCUT2D eigenvalue weighted by Gasteiger charge is 2.18. The van der Waals surface area contributed by atoms with Crippen LogP contribution in [0.2, 0.25) is 0 Å². The highest BCUT2D eigenvalue weighted by Crippen LogP contribution is 2.37. The van der Waals surface area contributed by atoms with E-state index in [1.165, 1.54) is 5.56 Å². The van der Waals surface area contributed by atoms with Gasteiger partial charge in [0.25, 0.3) is 0 Å². The Kier molecular flexibility index (Phi) is 2.75. The second-order valence-electron chi connectivity index (χ2n) is 3.23. The van der Waals surface area contributed by atoms with E-state index in [0.29, 0.717) is 10.6 Å². The van der Waals surface area contributed by atoms with Crippen molar-refractivity contribution in [2.24, 2.45) is 0 Å². The Balaban J connectivity index is 2.66. The molecule has 0 saturated heterocycles. The maximum atomic E-state index is 10.7. The molecule has 1 nitrogen and oxygen atoms in total. The van der Waals surface area contributed by atoms with Gasteiger partial charge in [0.15, 0.2) is 0 Å². The molecule has 0 N–H and O–H groups in total. The first-order chi connectivity index (χ1) is 6.74. The fourth-order valence-corrected chi connectivity index (χ4v) is 2.76. The van der Waals surface area contributed by atoms with E-state index in [1.807, 2.05) is 18.2 Å². The molecule has 0 aromatic heterocycles. The maximum Gasteiger partial charge on any atom is 0.147 e. The topological polar surface area (TPSA) is 17.1 Å². The minimum atomic E-state index is 0.591. The molecule has 72 valence electrons. The monoisotopic (exact) mass is 270 g/mol. The van der Waals surface area contributed by atoms with Crippen LogP contribution in [0.1, 0.15) is 17.5 Å². The summed E-state index contributed by atoms with van der Waals surface area (Å²) < 4.78 is 0.957. The van der Waals surface area contributed by atoms with Gasteiger partial charge >= 0.3 is 0 Å². The molecule has 0 heterocycles. The van der Waals surface area contributed by atoms with Gasteiger partial charge in [-0.15, -0.1) is 0 Å². The standard InChI is InChI=1S/C11H8BrClO/c12-9-3-1-2-7-4-5-8(6-14)11(13)10(7)9/h1-3,6H,4-5H2. The van der Waals surface area contributed by atoms with Crippen molar-refractivity contribution in [1.82, 2.24) is 0 Å². The highest BCUT2D eigenvalue weighted by atomic mass is 79.9. The van der Waals surface area contributed by atoms with Crippen LogP contribution in [0.15, 0.2) is 28.2 Å². The molecule has 14 heavy (non-hydrogen) atoms. The summed E-state index contributed by atoms with van der Waals surface area (Å²) >= 11 is 9.58. The molecule has 1 aliphatic rings.